The average Bonchev–Trinajstić information content (AvgIpc) is 3.03. The molecule has 2 aromatic carbocycles. The van der Waals surface area contributed by atoms with Crippen LogP contribution in [0.25, 0.3) is 21.9 Å². The summed E-state index contributed by atoms with van der Waals surface area (Å²) in [6, 6.07) is 14.6. The van der Waals surface area contributed by atoms with Crippen molar-refractivity contribution < 1.29 is 0 Å². The fourth-order valence-electron chi connectivity index (χ4n) is 2.83. The van der Waals surface area contributed by atoms with E-state index in [0.29, 0.717) is 0 Å². The highest BCUT2D eigenvalue weighted by atomic mass is 32.2. The van der Waals surface area contributed by atoms with E-state index < -0.39 is 0 Å². The number of H-pyrrole nitrogens is 1. The maximum atomic E-state index is 4.44. The summed E-state index contributed by atoms with van der Waals surface area (Å²) in [6.45, 7) is 2.06. The average molecular weight is 320 g/mol. The zero-order valence-corrected chi connectivity index (χ0v) is 13.7. The molecule has 23 heavy (non-hydrogen) atoms. The first-order valence-electron chi connectivity index (χ1n) is 7.39. The van der Waals surface area contributed by atoms with Gasteiger partial charge < -0.3 is 10.3 Å². The number of benzene rings is 2. The number of nitrogens with one attached hydrogen (secondary N) is 2. The quantitative estimate of drug-likeness (QED) is 0.528. The van der Waals surface area contributed by atoms with Crippen molar-refractivity contribution in [2.45, 2.75) is 11.8 Å². The van der Waals surface area contributed by atoms with Gasteiger partial charge in [0.15, 0.2) is 0 Å². The number of aromatic amines is 1. The van der Waals surface area contributed by atoms with E-state index in [2.05, 4.69) is 69.8 Å². The van der Waals surface area contributed by atoms with Crippen LogP contribution < -0.4 is 5.32 Å². The van der Waals surface area contributed by atoms with Crippen LogP contribution in [-0.4, -0.2) is 21.2 Å². The number of imidazole rings is 1. The Bertz CT molecular complexity index is 1010. The van der Waals surface area contributed by atoms with E-state index in [9.17, 15) is 0 Å². The third-order valence-electron chi connectivity index (χ3n) is 3.85. The summed E-state index contributed by atoms with van der Waals surface area (Å²) < 4.78 is 0. The van der Waals surface area contributed by atoms with Crippen molar-refractivity contribution >= 4 is 45.1 Å². The molecule has 0 aliphatic carbocycles. The van der Waals surface area contributed by atoms with Crippen LogP contribution in [0, 0.1) is 6.92 Å². The lowest BCUT2D eigenvalue weighted by atomic mass is 10.1. The molecule has 0 saturated carbocycles. The topological polar surface area (TPSA) is 53.6 Å². The highest BCUT2D eigenvalue weighted by Gasteiger charge is 2.10. The molecule has 0 radical (unpaired) electrons. The summed E-state index contributed by atoms with van der Waals surface area (Å²) in [5.41, 5.74) is 6.10. The van der Waals surface area contributed by atoms with Gasteiger partial charge in [0, 0.05) is 27.2 Å². The number of thioether (sulfide) groups is 1. The molecule has 2 N–H and O–H groups in total. The Morgan fingerprint density at radius 1 is 1.09 bits per heavy atom. The van der Waals surface area contributed by atoms with Crippen LogP contribution in [0.3, 0.4) is 0 Å². The van der Waals surface area contributed by atoms with E-state index in [4.69, 9.17) is 0 Å². The molecule has 0 atom stereocenters. The van der Waals surface area contributed by atoms with E-state index in [1.54, 1.807) is 18.1 Å². The molecule has 0 aliphatic heterocycles. The van der Waals surface area contributed by atoms with Gasteiger partial charge in [0.25, 0.3) is 0 Å². The highest BCUT2D eigenvalue weighted by Crippen LogP contribution is 2.32. The van der Waals surface area contributed by atoms with E-state index in [0.717, 1.165) is 39.0 Å². The Morgan fingerprint density at radius 3 is 2.87 bits per heavy atom. The SMILES string of the molecule is CSc1cccc(Nc2cc(C)[nH]c3ccc4ncnc4c23)c1. The van der Waals surface area contributed by atoms with Crippen molar-refractivity contribution in [1.29, 1.82) is 0 Å². The smallest absolute Gasteiger partial charge is 0.116 e. The van der Waals surface area contributed by atoms with Gasteiger partial charge in [0.1, 0.15) is 11.8 Å². The molecule has 0 aliphatic rings. The maximum absolute atomic E-state index is 4.44. The zero-order chi connectivity index (χ0) is 15.8. The van der Waals surface area contributed by atoms with Crippen LogP contribution >= 0.6 is 11.8 Å². The predicted octanol–water partition coefficient (Wildman–Crippen LogP) is 4.89. The molecule has 2 heterocycles. The number of hydrogen-bond acceptors (Lipinski definition) is 4. The minimum Gasteiger partial charge on any atom is -0.358 e. The highest BCUT2D eigenvalue weighted by molar-refractivity contribution is 7.98. The number of aryl methyl sites for hydroxylation is 1. The molecule has 0 amide bonds. The molecule has 0 fully saturated rings. The Labute approximate surface area is 138 Å². The molecule has 0 spiro atoms. The number of hydrogen-bond donors (Lipinski definition) is 2. The van der Waals surface area contributed by atoms with Crippen molar-refractivity contribution in [3.8, 4) is 0 Å². The summed E-state index contributed by atoms with van der Waals surface area (Å²) in [4.78, 5) is 13.4. The van der Waals surface area contributed by atoms with Crippen molar-refractivity contribution in [3.05, 3.63) is 54.5 Å². The number of aromatic nitrogens is 3. The second-order valence-corrected chi connectivity index (χ2v) is 6.33. The van der Waals surface area contributed by atoms with Gasteiger partial charge in [0.05, 0.1) is 11.2 Å². The maximum Gasteiger partial charge on any atom is 0.116 e. The molecule has 2 aromatic heterocycles. The van der Waals surface area contributed by atoms with E-state index in [1.807, 2.05) is 6.07 Å². The number of rotatable bonds is 3. The first kappa shape index (κ1) is 14.1. The number of fused-ring (bicyclic) bond motifs is 3. The molecule has 4 nitrogen and oxygen atoms in total. The minimum absolute atomic E-state index is 0.913. The number of nitrogens with zero attached hydrogens (tertiary/aromatic N) is 2. The molecule has 0 saturated heterocycles. The van der Waals surface area contributed by atoms with Crippen molar-refractivity contribution in [2.24, 2.45) is 0 Å². The van der Waals surface area contributed by atoms with E-state index in [-0.39, 0.29) is 0 Å². The summed E-state index contributed by atoms with van der Waals surface area (Å²) in [6.07, 6.45) is 3.70. The molecule has 0 unspecified atom stereocenters. The normalized spacial score (nSPS) is 11.2. The summed E-state index contributed by atoms with van der Waals surface area (Å²) in [5.74, 6) is 0. The fraction of sp³-hybridized carbons (Fsp3) is 0.111. The lowest BCUT2D eigenvalue weighted by Gasteiger charge is -2.13. The lowest BCUT2D eigenvalue weighted by molar-refractivity contribution is 1.25. The van der Waals surface area contributed by atoms with Gasteiger partial charge >= 0.3 is 0 Å². The first-order valence-corrected chi connectivity index (χ1v) is 8.61. The molecule has 0 bridgehead atoms. The van der Waals surface area contributed by atoms with Crippen LogP contribution in [0.1, 0.15) is 5.69 Å². The van der Waals surface area contributed by atoms with Crippen LogP contribution in [0.15, 0.2) is 53.7 Å². The lowest BCUT2D eigenvalue weighted by Crippen LogP contribution is -1.95. The predicted molar refractivity (Wildman–Crippen MR) is 97.6 cm³/mol. The largest absolute Gasteiger partial charge is 0.358 e. The van der Waals surface area contributed by atoms with Gasteiger partial charge in [-0.2, -0.15) is 0 Å². The van der Waals surface area contributed by atoms with Gasteiger partial charge in [-0.3, -0.25) is 0 Å². The van der Waals surface area contributed by atoms with E-state index >= 15 is 0 Å². The van der Waals surface area contributed by atoms with Crippen LogP contribution in [0.5, 0.6) is 0 Å². The summed E-state index contributed by atoms with van der Waals surface area (Å²) in [5, 5.41) is 4.61. The van der Waals surface area contributed by atoms with Crippen LogP contribution in [0.4, 0.5) is 11.4 Å². The monoisotopic (exact) mass is 320 g/mol. The van der Waals surface area contributed by atoms with Gasteiger partial charge in [-0.15, -0.1) is 11.8 Å². The Balaban J connectivity index is 1.92. The van der Waals surface area contributed by atoms with Crippen LogP contribution in [0.2, 0.25) is 0 Å². The molecular weight excluding hydrogens is 304 g/mol. The molecule has 114 valence electrons. The Hall–Kier alpha value is -2.53. The molecule has 4 aromatic rings. The number of anilines is 2. The molecular formula is C18H16N4S. The third kappa shape index (κ3) is 2.53. The zero-order valence-electron chi connectivity index (χ0n) is 12.9. The third-order valence-corrected chi connectivity index (χ3v) is 4.58. The Kier molecular flexibility index (Phi) is 3.42. The van der Waals surface area contributed by atoms with Gasteiger partial charge in [0.2, 0.25) is 0 Å². The summed E-state index contributed by atoms with van der Waals surface area (Å²) >= 11 is 1.74. The van der Waals surface area contributed by atoms with Gasteiger partial charge in [-0.05, 0) is 49.6 Å². The standard InChI is InChI=1S/C18H16N4S/c1-11-8-16(22-12-4-3-5-13(9-12)23-2)17-14(21-11)6-7-15-18(17)20-10-19-15/h3-10,21-22H,1-2H3. The minimum atomic E-state index is 0.913. The second kappa shape index (κ2) is 5.59. The van der Waals surface area contributed by atoms with Crippen LogP contribution in [-0.2, 0) is 0 Å². The van der Waals surface area contributed by atoms with Crippen molar-refractivity contribution in [2.75, 3.05) is 11.6 Å². The number of pyridine rings is 1. The van der Waals surface area contributed by atoms with Crippen molar-refractivity contribution in [1.82, 2.24) is 15.0 Å². The van der Waals surface area contributed by atoms with Crippen molar-refractivity contribution in [3.63, 3.8) is 0 Å². The fourth-order valence-corrected chi connectivity index (χ4v) is 3.29. The second-order valence-electron chi connectivity index (χ2n) is 5.45. The van der Waals surface area contributed by atoms with E-state index in [1.165, 1.54) is 4.90 Å². The van der Waals surface area contributed by atoms with Gasteiger partial charge in [-0.25, -0.2) is 9.97 Å². The Morgan fingerprint density at radius 2 is 2.00 bits per heavy atom. The molecule has 4 rings (SSSR count). The van der Waals surface area contributed by atoms with Gasteiger partial charge in [-0.1, -0.05) is 6.07 Å². The first-order chi connectivity index (χ1) is 11.2. The summed E-state index contributed by atoms with van der Waals surface area (Å²) in [7, 11) is 0. The molecule has 5 heteroatoms.